The minimum Gasteiger partial charge on any atom is -0.333 e. The molecule has 0 bridgehead atoms. The molecule has 57 heavy (non-hydrogen) atoms. The van der Waals surface area contributed by atoms with Crippen LogP contribution in [0, 0.1) is 17.9 Å². The summed E-state index contributed by atoms with van der Waals surface area (Å²) in [5.41, 5.74) is 14.9. The van der Waals surface area contributed by atoms with Gasteiger partial charge in [-0.1, -0.05) is 127 Å². The van der Waals surface area contributed by atoms with E-state index in [2.05, 4.69) is 179 Å². The van der Waals surface area contributed by atoms with E-state index >= 15 is 0 Å². The van der Waals surface area contributed by atoms with Crippen molar-refractivity contribution in [1.29, 1.82) is 0 Å². The average Bonchev–Trinajstić information content (AvgIpc) is 3.61. The van der Waals surface area contributed by atoms with E-state index in [1.54, 1.807) is 6.07 Å². The van der Waals surface area contributed by atoms with E-state index in [1.807, 2.05) is 24.4 Å². The molecule has 0 N–H and O–H groups in total. The van der Waals surface area contributed by atoms with Gasteiger partial charge in [0.05, 0.1) is 16.9 Å². The van der Waals surface area contributed by atoms with Crippen molar-refractivity contribution >= 4 is 11.0 Å². The van der Waals surface area contributed by atoms with Crippen LogP contribution in [0.15, 0.2) is 152 Å². The SMILES string of the molecule is CC(C)(C)c1ccc(-c2[c-]cc(F)cc2)nc1.CC(C)c1cc(-c2ccc(-c3ccccc3)cc2)cc(C(C)C)c1-n1c(-c2[c-]cccc2)nc2ccccc21.[Ir]. The Kier molecular flexibility index (Phi) is 12.8. The third-order valence-electron chi connectivity index (χ3n) is 10.2. The number of para-hydroxylation sites is 2. The van der Waals surface area contributed by atoms with Crippen molar-refractivity contribution in [2.45, 2.75) is 65.7 Å². The minimum absolute atomic E-state index is 0. The van der Waals surface area contributed by atoms with Gasteiger partial charge >= 0.3 is 0 Å². The molecular weight excluding hydrogens is 878 g/mol. The molecule has 5 heteroatoms. The molecule has 0 aliphatic heterocycles. The first-order chi connectivity index (χ1) is 27.0. The van der Waals surface area contributed by atoms with Gasteiger partial charge in [0.1, 0.15) is 0 Å². The minimum atomic E-state index is -0.278. The number of aromatic nitrogens is 3. The van der Waals surface area contributed by atoms with Gasteiger partial charge < -0.3 is 9.55 Å². The molecular formula is C52H48FIrN3-2. The molecule has 0 aliphatic rings. The van der Waals surface area contributed by atoms with Gasteiger partial charge in [-0.05, 0) is 86.2 Å². The topological polar surface area (TPSA) is 30.7 Å². The largest absolute Gasteiger partial charge is 0.333 e. The maximum Gasteiger partial charge on any atom is 0.0774 e. The zero-order valence-corrected chi connectivity index (χ0v) is 36.0. The first-order valence-corrected chi connectivity index (χ1v) is 19.4. The number of halogens is 1. The number of hydrogen-bond donors (Lipinski definition) is 0. The van der Waals surface area contributed by atoms with Crippen LogP contribution in [0.1, 0.15) is 77.0 Å². The predicted octanol–water partition coefficient (Wildman–Crippen LogP) is 14.1. The zero-order valence-electron chi connectivity index (χ0n) is 33.6. The summed E-state index contributed by atoms with van der Waals surface area (Å²) in [6.45, 7) is 15.6. The Morgan fingerprint density at radius 3 is 1.79 bits per heavy atom. The Bertz CT molecular complexity index is 2500. The number of hydrogen-bond acceptors (Lipinski definition) is 2. The predicted molar refractivity (Wildman–Crippen MR) is 232 cm³/mol. The van der Waals surface area contributed by atoms with E-state index in [0.29, 0.717) is 11.8 Å². The summed E-state index contributed by atoms with van der Waals surface area (Å²) in [5.74, 6) is 1.31. The van der Waals surface area contributed by atoms with Crippen LogP contribution in [-0.4, -0.2) is 14.5 Å². The van der Waals surface area contributed by atoms with Crippen LogP contribution >= 0.6 is 0 Å². The molecule has 8 aromatic rings. The molecule has 0 saturated heterocycles. The summed E-state index contributed by atoms with van der Waals surface area (Å²) >= 11 is 0. The molecule has 0 amide bonds. The van der Waals surface area contributed by atoms with Gasteiger partial charge in [0.25, 0.3) is 0 Å². The number of imidazole rings is 1. The summed E-state index contributed by atoms with van der Waals surface area (Å²) in [6.07, 6.45) is 1.87. The monoisotopic (exact) mass is 926 g/mol. The second kappa shape index (κ2) is 17.8. The smallest absolute Gasteiger partial charge is 0.0774 e. The Labute approximate surface area is 351 Å². The normalized spacial score (nSPS) is 11.3. The number of benzene rings is 6. The average molecular weight is 926 g/mol. The van der Waals surface area contributed by atoms with Crippen LogP contribution in [0.3, 0.4) is 0 Å². The Morgan fingerprint density at radius 2 is 1.23 bits per heavy atom. The van der Waals surface area contributed by atoms with E-state index in [9.17, 15) is 4.39 Å². The molecule has 2 aromatic heterocycles. The van der Waals surface area contributed by atoms with Crippen LogP contribution in [0.25, 0.3) is 61.6 Å². The van der Waals surface area contributed by atoms with Crippen molar-refractivity contribution in [2.24, 2.45) is 0 Å². The van der Waals surface area contributed by atoms with Gasteiger partial charge in [-0.2, -0.15) is 0 Å². The van der Waals surface area contributed by atoms with Gasteiger partial charge in [-0.25, -0.2) is 0 Å². The first-order valence-electron chi connectivity index (χ1n) is 19.4. The van der Waals surface area contributed by atoms with Crippen LogP contribution in [0.2, 0.25) is 0 Å². The van der Waals surface area contributed by atoms with Crippen LogP contribution < -0.4 is 0 Å². The molecule has 0 spiro atoms. The maximum atomic E-state index is 12.8. The van der Waals surface area contributed by atoms with Crippen molar-refractivity contribution < 1.29 is 24.5 Å². The summed E-state index contributed by atoms with van der Waals surface area (Å²) in [7, 11) is 0. The molecule has 0 unspecified atom stereocenters. The summed E-state index contributed by atoms with van der Waals surface area (Å²) in [6, 6.07) is 55.6. The fourth-order valence-electron chi connectivity index (χ4n) is 7.00. The quantitative estimate of drug-likeness (QED) is 0.149. The molecule has 2 heterocycles. The van der Waals surface area contributed by atoms with Crippen molar-refractivity contribution in [3.63, 3.8) is 0 Å². The fraction of sp³-hybridized carbons (Fsp3) is 0.192. The second-order valence-electron chi connectivity index (χ2n) is 15.9. The third-order valence-corrected chi connectivity index (χ3v) is 10.2. The van der Waals surface area contributed by atoms with E-state index in [0.717, 1.165) is 33.7 Å². The standard InChI is InChI=1S/C37H33N2.C15H15FN.Ir/c1-25(2)32-23-31(29-21-19-28(20-22-29)27-13-7-5-8-14-27)24-33(26(3)4)36(32)39-35-18-12-11-17-34(35)38-37(39)30-15-9-6-10-16-30;1-15(2,3)12-6-9-14(17-10-12)11-4-7-13(16)8-5-11;/h5-15,17-26H,1-4H3;4,6-10H,1-3H3;/q2*-1;. The second-order valence-corrected chi connectivity index (χ2v) is 15.9. The van der Waals surface area contributed by atoms with Crippen molar-refractivity contribution in [1.82, 2.24) is 14.5 Å². The molecule has 1 radical (unpaired) electrons. The number of pyridine rings is 1. The van der Waals surface area contributed by atoms with Crippen LogP contribution in [0.4, 0.5) is 4.39 Å². The maximum absolute atomic E-state index is 12.8. The van der Waals surface area contributed by atoms with Crippen molar-refractivity contribution in [3.8, 4) is 50.6 Å². The molecule has 0 aliphatic carbocycles. The van der Waals surface area contributed by atoms with Crippen LogP contribution in [0.5, 0.6) is 0 Å². The van der Waals surface area contributed by atoms with Gasteiger partial charge in [0.15, 0.2) is 0 Å². The van der Waals surface area contributed by atoms with E-state index < -0.39 is 0 Å². The third kappa shape index (κ3) is 9.23. The van der Waals surface area contributed by atoms with E-state index in [-0.39, 0.29) is 31.3 Å². The Balaban J connectivity index is 0.000000256. The van der Waals surface area contributed by atoms with E-state index in [1.165, 1.54) is 56.8 Å². The number of rotatable bonds is 7. The van der Waals surface area contributed by atoms with Crippen molar-refractivity contribution in [2.75, 3.05) is 0 Å². The first kappa shape index (κ1) is 41.2. The summed E-state index contributed by atoms with van der Waals surface area (Å²) in [4.78, 5) is 9.50. The summed E-state index contributed by atoms with van der Waals surface area (Å²) in [5, 5.41) is 0. The fourth-order valence-corrected chi connectivity index (χ4v) is 7.00. The molecule has 3 nitrogen and oxygen atoms in total. The Hall–Kier alpha value is -5.48. The molecule has 8 rings (SSSR count). The number of nitrogens with zero attached hydrogens (tertiary/aromatic N) is 3. The van der Waals surface area contributed by atoms with Gasteiger partial charge in [0.2, 0.25) is 0 Å². The van der Waals surface area contributed by atoms with E-state index in [4.69, 9.17) is 4.98 Å². The molecule has 0 saturated carbocycles. The van der Waals surface area contributed by atoms with Gasteiger partial charge in [0, 0.05) is 37.8 Å². The summed E-state index contributed by atoms with van der Waals surface area (Å²) < 4.78 is 15.1. The van der Waals surface area contributed by atoms with Crippen LogP contribution in [-0.2, 0) is 25.5 Å². The Morgan fingerprint density at radius 1 is 0.614 bits per heavy atom. The van der Waals surface area contributed by atoms with Gasteiger partial charge in [-0.15, -0.1) is 65.7 Å². The molecule has 289 valence electrons. The van der Waals surface area contributed by atoms with Crippen molar-refractivity contribution in [3.05, 3.63) is 186 Å². The zero-order chi connectivity index (χ0) is 39.4. The van der Waals surface area contributed by atoms with Gasteiger partial charge in [-0.3, -0.25) is 9.37 Å². The molecule has 0 atom stereocenters. The molecule has 0 fully saturated rings. The molecule has 6 aromatic carbocycles. The number of fused-ring (bicyclic) bond motifs is 1.